The topological polar surface area (TPSA) is 139 Å². The van der Waals surface area contributed by atoms with E-state index in [-0.39, 0.29) is 186 Å². The molecule has 0 atom stereocenters. The van der Waals surface area contributed by atoms with E-state index in [2.05, 4.69) is 129 Å². The van der Waals surface area contributed by atoms with Gasteiger partial charge in [-0.2, -0.15) is 9.13 Å². The van der Waals surface area contributed by atoms with Gasteiger partial charge in [0.05, 0.1) is 74.4 Å². The molecule has 24 heteroatoms. The molecule has 8 heterocycles. The Kier molecular flexibility index (Phi) is 21.0. The third kappa shape index (κ3) is 12.2. The number of aliphatic imine (C=N–C) groups is 2. The van der Waals surface area contributed by atoms with Crippen molar-refractivity contribution in [2.45, 2.75) is 168 Å². The first-order valence-corrected chi connectivity index (χ1v) is 37.5. The first kappa shape index (κ1) is 71.8. The lowest BCUT2D eigenvalue weighted by Crippen LogP contribution is -2.71. The minimum atomic E-state index is -1.91. The summed E-state index contributed by atoms with van der Waals surface area (Å²) in [5.41, 5.74) is 2.50. The van der Waals surface area contributed by atoms with Gasteiger partial charge in [0.1, 0.15) is 62.4 Å². The van der Waals surface area contributed by atoms with Gasteiger partial charge < -0.3 is 37.9 Å². The van der Waals surface area contributed by atoms with Crippen LogP contribution < -0.4 is 48.9 Å². The van der Waals surface area contributed by atoms with Crippen molar-refractivity contribution in [1.29, 1.82) is 0 Å². The summed E-state index contributed by atoms with van der Waals surface area (Å²) in [5, 5.41) is 2.84. The fourth-order valence-electron chi connectivity index (χ4n) is 12.8. The quantitative estimate of drug-likeness (QED) is 0.0381. The van der Waals surface area contributed by atoms with E-state index in [1.807, 2.05) is 0 Å². The van der Waals surface area contributed by atoms with Crippen LogP contribution in [0.3, 0.4) is 0 Å². The fraction of sp³-hybridized carbons (Fsp3) is 0.562. The highest BCUT2D eigenvalue weighted by Gasteiger charge is 2.72. The highest BCUT2D eigenvalue weighted by molar-refractivity contribution is 6.48. The maximum absolute atomic E-state index is 7.76. The van der Waals surface area contributed by atoms with Gasteiger partial charge in [0.2, 0.25) is 22.6 Å². The molecule has 0 saturated carbocycles. The third-order valence-electron chi connectivity index (χ3n) is 18.2. The Balaban J connectivity index is 1.38. The molecule has 0 radical (unpaired) electrons. The standard InChI is InChI=1S/C73H88Cl8N8O8/c1-33(2)17-25-90-57-41-42(58(50(75)49(57)74)91-26-18-34(3)4)66-83-68-45-46(62(95-30-22-38(11)12)54(79)53(78)61(45)94-29-21-37(9)10)70-85-72-48-47(63(96-31-23-39(13)14)55(80)56(81)64(48)97-32-24-40(15)16)71-84-69-44-43(67-82-65(41)86(66)73(87(67)69,88(68)70)89(71)72)59(92-27-19-35(5)6)51(76)52(77)60(44)93-28-20-36(7)8/h33-40H,17-32H2,1-16H3/q+2. The van der Waals surface area contributed by atoms with Gasteiger partial charge in [-0.1, -0.05) is 224 Å². The molecule has 1 spiro atoms. The summed E-state index contributed by atoms with van der Waals surface area (Å²) in [7, 11) is 0. The number of benzene rings is 4. The van der Waals surface area contributed by atoms with E-state index in [9.17, 15) is 0 Å². The van der Waals surface area contributed by atoms with Gasteiger partial charge in [-0.25, -0.2) is 0 Å². The lowest BCUT2D eigenvalue weighted by molar-refractivity contribution is -0.790. The Morgan fingerprint density at radius 3 is 0.753 bits per heavy atom. The maximum Gasteiger partial charge on any atom is 0.404 e. The van der Waals surface area contributed by atoms with Crippen molar-refractivity contribution in [2.75, 3.05) is 52.9 Å². The minimum absolute atomic E-state index is 0.126. The van der Waals surface area contributed by atoms with Gasteiger partial charge >= 0.3 is 5.91 Å². The minimum Gasteiger partial charge on any atom is -0.491 e. The van der Waals surface area contributed by atoms with Crippen LogP contribution in [0.4, 0.5) is 11.6 Å². The zero-order valence-corrected chi connectivity index (χ0v) is 64.3. The Labute approximate surface area is 608 Å². The second-order valence-electron chi connectivity index (χ2n) is 29.4. The molecule has 0 bridgehead atoms. The second-order valence-corrected chi connectivity index (χ2v) is 32.4. The van der Waals surface area contributed by atoms with Crippen LogP contribution in [0, 0.1) is 47.3 Å². The van der Waals surface area contributed by atoms with Gasteiger partial charge in [-0.3, -0.25) is 0 Å². The molecule has 0 saturated heterocycles. The summed E-state index contributed by atoms with van der Waals surface area (Å²) >= 11 is 62.1. The van der Waals surface area contributed by atoms with E-state index in [1.165, 1.54) is 0 Å². The molecule has 6 aliphatic heterocycles. The van der Waals surface area contributed by atoms with Crippen molar-refractivity contribution >= 4 is 149 Å². The van der Waals surface area contributed by atoms with Gasteiger partial charge in [-0.05, 0) is 98.7 Å². The summed E-state index contributed by atoms with van der Waals surface area (Å²) in [4.78, 5) is 23.9. The first-order chi connectivity index (χ1) is 46.1. The lowest BCUT2D eigenvalue weighted by atomic mass is 10.0. The van der Waals surface area contributed by atoms with Gasteiger partial charge in [0.25, 0.3) is 23.3 Å². The number of amidine groups is 4. The van der Waals surface area contributed by atoms with Crippen molar-refractivity contribution in [3.8, 4) is 46.0 Å². The number of aromatic nitrogens is 2. The zero-order chi connectivity index (χ0) is 69.7. The summed E-state index contributed by atoms with van der Waals surface area (Å²) in [6, 6.07) is 0. The number of fused-ring (bicyclic) bond motifs is 12. The molecule has 0 unspecified atom stereocenters. The predicted molar refractivity (Wildman–Crippen MR) is 393 cm³/mol. The van der Waals surface area contributed by atoms with E-state index in [0.717, 1.165) is 0 Å². The van der Waals surface area contributed by atoms with E-state index >= 15 is 0 Å². The zero-order valence-electron chi connectivity index (χ0n) is 58.3. The van der Waals surface area contributed by atoms with Crippen LogP contribution in [-0.2, 0) is 5.91 Å². The van der Waals surface area contributed by atoms with Crippen molar-refractivity contribution in [3.05, 3.63) is 73.4 Å². The largest absolute Gasteiger partial charge is 0.491 e. The van der Waals surface area contributed by atoms with Crippen molar-refractivity contribution in [1.82, 2.24) is 9.13 Å². The van der Waals surface area contributed by atoms with Crippen LogP contribution >= 0.6 is 92.8 Å². The number of hydrogen-bond acceptors (Lipinski definition) is 12. The molecule has 2 aromatic heterocycles. The summed E-state index contributed by atoms with van der Waals surface area (Å²) in [6.07, 6.45) is 5.40. The molecular formula is C73H88Cl8N8O8+2. The number of hydrogen-bond donors (Lipinski definition) is 0. The van der Waals surface area contributed by atoms with Crippen LogP contribution in [0.5, 0.6) is 46.0 Å². The molecule has 0 N–H and O–H groups in total. The fourth-order valence-corrected chi connectivity index (χ4v) is 14.7. The van der Waals surface area contributed by atoms with E-state index in [1.54, 1.807) is 0 Å². The average Bonchev–Trinajstić information content (AvgIpc) is 1.46. The van der Waals surface area contributed by atoms with E-state index in [0.29, 0.717) is 141 Å². The van der Waals surface area contributed by atoms with Gasteiger partial charge in [0, 0.05) is 0 Å². The molecule has 0 aliphatic carbocycles. The van der Waals surface area contributed by atoms with Crippen LogP contribution in [0.1, 0.15) is 184 Å². The Morgan fingerprint density at radius 2 is 0.505 bits per heavy atom. The van der Waals surface area contributed by atoms with Crippen LogP contribution in [0.15, 0.2) is 20.0 Å². The average molecular weight is 1490 g/mol. The summed E-state index contributed by atoms with van der Waals surface area (Å²) < 4.78 is 64.8. The molecule has 97 heavy (non-hydrogen) atoms. The van der Waals surface area contributed by atoms with E-state index < -0.39 is 5.91 Å². The number of halogens is 8. The molecule has 16 nitrogen and oxygen atoms in total. The molecule has 12 rings (SSSR count). The van der Waals surface area contributed by atoms with Crippen LogP contribution in [0.2, 0.25) is 40.2 Å². The lowest BCUT2D eigenvalue weighted by Gasteiger charge is -2.40. The smallest absolute Gasteiger partial charge is 0.404 e. The molecule has 6 aliphatic rings. The van der Waals surface area contributed by atoms with Crippen molar-refractivity contribution < 1.29 is 47.0 Å². The Morgan fingerprint density at radius 1 is 0.289 bits per heavy atom. The normalized spacial score (nSPS) is 15.1. The molecular weight excluding hydrogens is 1400 g/mol. The molecule has 0 fully saturated rings. The van der Waals surface area contributed by atoms with Gasteiger partial charge in [0.15, 0.2) is 46.0 Å². The molecule has 4 aromatic carbocycles. The monoisotopic (exact) mass is 1480 g/mol. The molecule has 522 valence electrons. The highest BCUT2D eigenvalue weighted by atomic mass is 35.5. The Bertz CT molecular complexity index is 4200. The first-order valence-electron chi connectivity index (χ1n) is 34.4. The summed E-state index contributed by atoms with van der Waals surface area (Å²) in [6.45, 7) is 36.4. The Hall–Kier alpha value is -5.04. The number of nitrogens with zero attached hydrogens (tertiary/aromatic N) is 8. The number of ether oxygens (including phenoxy) is 8. The third-order valence-corrected chi connectivity index (χ3v) is 21.5. The van der Waals surface area contributed by atoms with Gasteiger partial charge in [-0.15, -0.1) is 9.15 Å². The SMILES string of the molecule is CC(C)CCOc1c(Cl)c(Cl)c(OCCC(C)C)c2c1C1=Nc3c4c(OCCC(C)C)c(Cl)c(Cl)c(OCCC(C)C)c4c4n3C35n6c(c7c(OCCC(C)C)c(Cl)c(Cl)c(OCCC(C)C)c7c6=NC6=[N+]3C(=N4)c3c(OCCC(C)C)c(Cl)c(Cl)c(OCCC(C)C)c36)=NC2=[N+]15. The van der Waals surface area contributed by atoms with Crippen LogP contribution in [-0.4, -0.2) is 94.5 Å². The second kappa shape index (κ2) is 28.4. The number of rotatable bonds is 32. The summed E-state index contributed by atoms with van der Waals surface area (Å²) in [5.74, 6) is 4.29. The van der Waals surface area contributed by atoms with Crippen molar-refractivity contribution in [2.24, 2.45) is 67.3 Å². The molecule has 6 aromatic rings. The maximum atomic E-state index is 7.76. The molecule has 0 amide bonds. The van der Waals surface area contributed by atoms with Crippen molar-refractivity contribution in [3.63, 3.8) is 0 Å². The van der Waals surface area contributed by atoms with Crippen LogP contribution in [0.25, 0.3) is 21.5 Å². The predicted octanol–water partition coefficient (Wildman–Crippen LogP) is 20.3. The highest BCUT2D eigenvalue weighted by Crippen LogP contribution is 2.63. The van der Waals surface area contributed by atoms with E-state index in [4.69, 9.17) is 151 Å².